The van der Waals surface area contributed by atoms with Gasteiger partial charge in [-0.2, -0.15) is 0 Å². The van der Waals surface area contributed by atoms with Gasteiger partial charge in [0.1, 0.15) is 5.01 Å². The quantitative estimate of drug-likeness (QED) is 0.345. The zero-order valence-electron chi connectivity index (χ0n) is 13.7. The minimum atomic E-state index is 0.823. The second kappa shape index (κ2) is 6.83. The Morgan fingerprint density at radius 2 is 1.64 bits per heavy atom. The van der Waals surface area contributed by atoms with E-state index in [1.807, 2.05) is 73.7 Å². The van der Waals surface area contributed by atoms with Gasteiger partial charge in [0.05, 0.1) is 21.6 Å². The lowest BCUT2D eigenvalue weighted by Gasteiger charge is -2.01. The maximum atomic E-state index is 4.68. The molecule has 0 atom stereocenters. The molecule has 1 heterocycles. The van der Waals surface area contributed by atoms with Crippen LogP contribution in [-0.2, 0) is 0 Å². The zero-order valence-corrected chi connectivity index (χ0v) is 14.5. The number of nitrogens with zero attached hydrogens (tertiary/aromatic N) is 3. The van der Waals surface area contributed by atoms with Gasteiger partial charge in [-0.25, -0.2) is 4.98 Å². The smallest absolute Gasteiger partial charge is 0.124 e. The van der Waals surface area contributed by atoms with Gasteiger partial charge in [0.2, 0.25) is 0 Å². The van der Waals surface area contributed by atoms with Crippen molar-refractivity contribution in [1.82, 2.24) is 4.98 Å². The van der Waals surface area contributed by atoms with Crippen LogP contribution in [0.5, 0.6) is 0 Å². The van der Waals surface area contributed by atoms with Gasteiger partial charge >= 0.3 is 0 Å². The van der Waals surface area contributed by atoms with Gasteiger partial charge in [-0.15, -0.1) is 16.5 Å². The van der Waals surface area contributed by atoms with E-state index in [1.165, 1.54) is 10.3 Å². The van der Waals surface area contributed by atoms with Crippen LogP contribution in [0.3, 0.4) is 0 Å². The number of fused-ring (bicyclic) bond motifs is 1. The predicted molar refractivity (Wildman–Crippen MR) is 104 cm³/mol. The Morgan fingerprint density at radius 3 is 2.40 bits per heavy atom. The zero-order chi connectivity index (χ0) is 17.1. The summed E-state index contributed by atoms with van der Waals surface area (Å²) in [5.74, 6) is 0. The third-order valence-corrected chi connectivity index (χ3v) is 4.89. The summed E-state index contributed by atoms with van der Waals surface area (Å²) in [6, 6.07) is 24.1. The molecule has 0 aliphatic heterocycles. The van der Waals surface area contributed by atoms with Crippen LogP contribution in [0.4, 0.5) is 11.4 Å². The molecule has 0 saturated heterocycles. The van der Waals surface area contributed by atoms with E-state index < -0.39 is 0 Å². The molecule has 0 saturated carbocycles. The van der Waals surface area contributed by atoms with E-state index in [0.717, 1.165) is 27.5 Å². The Labute approximate surface area is 149 Å². The molecular weight excluding hydrogens is 328 g/mol. The lowest BCUT2D eigenvalue weighted by atomic mass is 10.2. The Kier molecular flexibility index (Phi) is 4.23. The molecule has 1 aromatic heterocycles. The summed E-state index contributed by atoms with van der Waals surface area (Å²) in [5.41, 5.74) is 8.01. The van der Waals surface area contributed by atoms with Crippen LogP contribution in [0.1, 0.15) is 5.56 Å². The molecule has 4 rings (SSSR count). The van der Waals surface area contributed by atoms with Crippen molar-refractivity contribution < 1.29 is 0 Å². The molecule has 0 aliphatic carbocycles. The standard InChI is InChI=1S/C20H16N4S/c1-14-6-10-16(11-7-14)22-24-23-17-12-8-15(9-13-17)20-21-18-4-2-3-5-19(18)25-20/h2-13H,1H3,(H,22,23). The van der Waals surface area contributed by atoms with Crippen molar-refractivity contribution in [3.63, 3.8) is 0 Å². The summed E-state index contributed by atoms with van der Waals surface area (Å²) >= 11 is 1.70. The fourth-order valence-electron chi connectivity index (χ4n) is 2.43. The third kappa shape index (κ3) is 3.56. The van der Waals surface area contributed by atoms with E-state index in [9.17, 15) is 0 Å². The maximum absolute atomic E-state index is 4.68. The fourth-order valence-corrected chi connectivity index (χ4v) is 3.41. The molecule has 0 bridgehead atoms. The van der Waals surface area contributed by atoms with Gasteiger partial charge < -0.3 is 0 Å². The first-order valence-electron chi connectivity index (χ1n) is 7.97. The van der Waals surface area contributed by atoms with Crippen LogP contribution < -0.4 is 5.43 Å². The molecule has 5 heteroatoms. The molecule has 0 fully saturated rings. The van der Waals surface area contributed by atoms with Crippen molar-refractivity contribution in [3.05, 3.63) is 78.4 Å². The number of benzene rings is 3. The minimum absolute atomic E-state index is 0.823. The number of rotatable bonds is 4. The Bertz CT molecular complexity index is 985. The molecule has 122 valence electrons. The summed E-state index contributed by atoms with van der Waals surface area (Å²) in [6.45, 7) is 2.05. The fraction of sp³-hybridized carbons (Fsp3) is 0.0500. The van der Waals surface area contributed by atoms with Crippen LogP contribution in [-0.4, -0.2) is 4.98 Å². The average Bonchev–Trinajstić information content (AvgIpc) is 3.08. The second-order valence-electron chi connectivity index (χ2n) is 5.71. The number of para-hydroxylation sites is 1. The Morgan fingerprint density at radius 1 is 0.880 bits per heavy atom. The monoisotopic (exact) mass is 344 g/mol. The molecule has 4 nitrogen and oxygen atoms in total. The van der Waals surface area contributed by atoms with Crippen molar-refractivity contribution in [2.45, 2.75) is 6.92 Å². The van der Waals surface area contributed by atoms with Crippen molar-refractivity contribution >= 4 is 32.9 Å². The molecule has 3 aromatic carbocycles. The number of aromatic nitrogens is 1. The van der Waals surface area contributed by atoms with Crippen LogP contribution >= 0.6 is 11.3 Å². The summed E-state index contributed by atoms with van der Waals surface area (Å²) < 4.78 is 1.20. The van der Waals surface area contributed by atoms with Crippen LogP contribution in [0.15, 0.2) is 83.1 Å². The Hall–Kier alpha value is -3.05. The normalized spacial score (nSPS) is 11.2. The first-order valence-corrected chi connectivity index (χ1v) is 8.79. The van der Waals surface area contributed by atoms with Gasteiger partial charge in [0.25, 0.3) is 0 Å². The highest BCUT2D eigenvalue weighted by molar-refractivity contribution is 7.21. The van der Waals surface area contributed by atoms with E-state index in [0.29, 0.717) is 0 Å². The lowest BCUT2D eigenvalue weighted by molar-refractivity contribution is 1.13. The first-order chi connectivity index (χ1) is 12.3. The predicted octanol–water partition coefficient (Wildman–Crippen LogP) is 6.38. The topological polar surface area (TPSA) is 49.6 Å². The summed E-state index contributed by atoms with van der Waals surface area (Å²) in [4.78, 5) is 4.68. The lowest BCUT2D eigenvalue weighted by Crippen LogP contribution is -1.86. The number of hydrogen-bond donors (Lipinski definition) is 1. The average molecular weight is 344 g/mol. The van der Waals surface area contributed by atoms with E-state index in [-0.39, 0.29) is 0 Å². The molecule has 0 spiro atoms. The van der Waals surface area contributed by atoms with Gasteiger partial charge in [-0.05, 0) is 55.5 Å². The SMILES string of the molecule is Cc1ccc(N=NNc2ccc(-c3nc4ccccc4s3)cc2)cc1. The van der Waals surface area contributed by atoms with Gasteiger partial charge in [-0.1, -0.05) is 35.1 Å². The van der Waals surface area contributed by atoms with Gasteiger partial charge in [-0.3, -0.25) is 5.43 Å². The summed E-state index contributed by atoms with van der Waals surface area (Å²) in [5, 5.41) is 9.22. The van der Waals surface area contributed by atoms with E-state index in [4.69, 9.17) is 0 Å². The van der Waals surface area contributed by atoms with E-state index in [2.05, 4.69) is 26.8 Å². The Balaban J connectivity index is 1.47. The van der Waals surface area contributed by atoms with Crippen LogP contribution in [0, 0.1) is 6.92 Å². The molecule has 0 unspecified atom stereocenters. The number of hydrogen-bond acceptors (Lipinski definition) is 4. The molecule has 0 radical (unpaired) electrons. The summed E-state index contributed by atoms with van der Waals surface area (Å²) in [7, 11) is 0. The largest absolute Gasteiger partial charge is 0.260 e. The van der Waals surface area contributed by atoms with Crippen LogP contribution in [0.25, 0.3) is 20.8 Å². The number of thiazole rings is 1. The van der Waals surface area contributed by atoms with Crippen molar-refractivity contribution in [1.29, 1.82) is 0 Å². The highest BCUT2D eigenvalue weighted by atomic mass is 32.1. The van der Waals surface area contributed by atoms with E-state index >= 15 is 0 Å². The highest BCUT2D eigenvalue weighted by Crippen LogP contribution is 2.30. The number of aryl methyl sites for hydroxylation is 1. The number of nitrogens with one attached hydrogen (secondary N) is 1. The molecule has 25 heavy (non-hydrogen) atoms. The second-order valence-corrected chi connectivity index (χ2v) is 6.74. The summed E-state index contributed by atoms with van der Waals surface area (Å²) in [6.07, 6.45) is 0. The first kappa shape index (κ1) is 15.5. The third-order valence-electron chi connectivity index (χ3n) is 3.80. The number of anilines is 1. The van der Waals surface area contributed by atoms with Crippen molar-refractivity contribution in [2.75, 3.05) is 5.43 Å². The molecule has 4 aromatic rings. The van der Waals surface area contributed by atoms with E-state index in [1.54, 1.807) is 11.3 Å². The minimum Gasteiger partial charge on any atom is -0.260 e. The molecular formula is C20H16N4S. The molecule has 0 amide bonds. The van der Waals surface area contributed by atoms with Crippen LogP contribution in [0.2, 0.25) is 0 Å². The molecule has 1 N–H and O–H groups in total. The van der Waals surface area contributed by atoms with Gasteiger partial charge in [0.15, 0.2) is 0 Å². The van der Waals surface area contributed by atoms with Crippen molar-refractivity contribution in [3.8, 4) is 10.6 Å². The van der Waals surface area contributed by atoms with Crippen molar-refractivity contribution in [2.24, 2.45) is 10.3 Å². The maximum Gasteiger partial charge on any atom is 0.124 e. The molecule has 0 aliphatic rings. The highest BCUT2D eigenvalue weighted by Gasteiger charge is 2.05. The van der Waals surface area contributed by atoms with Gasteiger partial charge in [0, 0.05) is 5.56 Å².